The van der Waals surface area contributed by atoms with E-state index in [0.717, 1.165) is 19.3 Å². The van der Waals surface area contributed by atoms with Crippen LogP contribution in [0.2, 0.25) is 0 Å². The lowest BCUT2D eigenvalue weighted by Gasteiger charge is -2.17. The lowest BCUT2D eigenvalue weighted by Crippen LogP contribution is -2.39. The van der Waals surface area contributed by atoms with Gasteiger partial charge in [0.05, 0.1) is 6.61 Å². The monoisotopic (exact) mass is 343 g/mol. The van der Waals surface area contributed by atoms with Crippen molar-refractivity contribution >= 4 is 16.1 Å². The molecule has 0 aliphatic heterocycles. The van der Waals surface area contributed by atoms with Crippen molar-refractivity contribution in [3.05, 3.63) is 0 Å². The van der Waals surface area contributed by atoms with Crippen molar-refractivity contribution < 1.29 is 31.3 Å². The summed E-state index contributed by atoms with van der Waals surface area (Å²) in [7, 11) is -6.02. The van der Waals surface area contributed by atoms with Crippen LogP contribution in [0.4, 0.5) is 8.78 Å². The number of carbonyl (C=O) groups is 1. The molecule has 0 aromatic rings. The summed E-state index contributed by atoms with van der Waals surface area (Å²) < 4.78 is 60.2. The fraction of sp³-hybridized carbons (Fsp3) is 0.929. The van der Waals surface area contributed by atoms with Gasteiger partial charge in [0, 0.05) is 0 Å². The van der Waals surface area contributed by atoms with E-state index < -0.39 is 21.3 Å². The van der Waals surface area contributed by atoms with E-state index in [1.165, 1.54) is 32.1 Å². The highest BCUT2D eigenvalue weighted by atomic mass is 32.2. The smallest absolute Gasteiger partial charge is 0.428 e. The van der Waals surface area contributed by atoms with Gasteiger partial charge in [-0.2, -0.15) is 8.78 Å². The van der Waals surface area contributed by atoms with Crippen LogP contribution in [0.5, 0.6) is 0 Å². The zero-order valence-corrected chi connectivity index (χ0v) is 13.8. The van der Waals surface area contributed by atoms with Crippen molar-refractivity contribution in [2.45, 2.75) is 76.4 Å². The predicted molar refractivity (Wildman–Crippen MR) is 77.4 cm³/mol. The molecule has 8 heteroatoms. The zero-order valence-electron chi connectivity index (χ0n) is 13.0. The molecule has 5 nitrogen and oxygen atoms in total. The summed E-state index contributed by atoms with van der Waals surface area (Å²) in [6, 6.07) is 0. The number of halogens is 2. The van der Waals surface area contributed by atoms with Gasteiger partial charge in [0.25, 0.3) is 0 Å². The summed E-state index contributed by atoms with van der Waals surface area (Å²) in [6.45, 7) is 1.86. The number of esters is 1. The van der Waals surface area contributed by atoms with Crippen LogP contribution in [-0.2, 0) is 19.6 Å². The largest absolute Gasteiger partial charge is 0.743 e. The first kappa shape index (κ1) is 21.2. The molecule has 0 aromatic heterocycles. The minimum absolute atomic E-state index is 0.305. The minimum atomic E-state index is -6.02. The Morgan fingerprint density at radius 2 is 1.36 bits per heavy atom. The maximum Gasteiger partial charge on any atom is 0.428 e. The molecule has 0 spiro atoms. The molecule has 132 valence electrons. The molecule has 0 unspecified atom stereocenters. The highest BCUT2D eigenvalue weighted by Crippen LogP contribution is 2.22. The van der Waals surface area contributed by atoms with Gasteiger partial charge in [-0.05, 0) is 6.42 Å². The van der Waals surface area contributed by atoms with Gasteiger partial charge in [-0.25, -0.2) is 13.2 Å². The first-order valence-electron chi connectivity index (χ1n) is 7.74. The van der Waals surface area contributed by atoms with E-state index in [1.807, 2.05) is 0 Å². The van der Waals surface area contributed by atoms with Crippen molar-refractivity contribution in [2.75, 3.05) is 6.61 Å². The Bertz CT molecular complexity index is 409. The molecule has 0 aromatic carbocycles. The lowest BCUT2D eigenvalue weighted by atomic mass is 10.1. The molecule has 0 rings (SSSR count). The third kappa shape index (κ3) is 8.63. The van der Waals surface area contributed by atoms with Crippen LogP contribution >= 0.6 is 0 Å². The van der Waals surface area contributed by atoms with E-state index >= 15 is 0 Å². The fourth-order valence-corrected chi connectivity index (χ4v) is 2.20. The molecule has 0 amide bonds. The van der Waals surface area contributed by atoms with Crippen LogP contribution in [0.3, 0.4) is 0 Å². The Morgan fingerprint density at radius 3 is 1.77 bits per heavy atom. The van der Waals surface area contributed by atoms with Gasteiger partial charge in [-0.3, -0.25) is 0 Å². The van der Waals surface area contributed by atoms with Gasteiger partial charge in [-0.15, -0.1) is 0 Å². The number of ether oxygens (including phenoxy) is 1. The van der Waals surface area contributed by atoms with Crippen molar-refractivity contribution in [1.82, 2.24) is 0 Å². The zero-order chi connectivity index (χ0) is 17.1. The van der Waals surface area contributed by atoms with Crippen molar-refractivity contribution in [3.8, 4) is 0 Å². The van der Waals surface area contributed by atoms with E-state index in [4.69, 9.17) is 0 Å². The second-order valence-electron chi connectivity index (χ2n) is 5.29. The van der Waals surface area contributed by atoms with Gasteiger partial charge in [-0.1, -0.05) is 64.7 Å². The van der Waals surface area contributed by atoms with Crippen LogP contribution in [0.25, 0.3) is 0 Å². The third-order valence-corrected chi connectivity index (χ3v) is 4.08. The fourth-order valence-electron chi connectivity index (χ4n) is 1.94. The summed E-state index contributed by atoms with van der Waals surface area (Å²) in [5.41, 5.74) is 0. The molecule has 0 radical (unpaired) electrons. The molecule has 0 bridgehead atoms. The Hall–Kier alpha value is -0.760. The second kappa shape index (κ2) is 10.9. The van der Waals surface area contributed by atoms with Crippen LogP contribution in [-0.4, -0.2) is 30.8 Å². The lowest BCUT2D eigenvalue weighted by molar-refractivity contribution is -0.161. The molecule has 0 aliphatic carbocycles. The predicted octanol–water partition coefficient (Wildman–Crippen LogP) is 3.59. The standard InChI is InChI=1S/C14H26F2O5S/c1-2-3-4-5-6-7-8-9-10-11-12-21-13(17)14(15,16)22(18,19)20/h2-12H2,1H3,(H,18,19,20)/p-1. The van der Waals surface area contributed by atoms with Crippen LogP contribution in [0.1, 0.15) is 71.1 Å². The first-order valence-corrected chi connectivity index (χ1v) is 9.14. The summed E-state index contributed by atoms with van der Waals surface area (Å²) in [6.07, 6.45) is 10.3. The van der Waals surface area contributed by atoms with Gasteiger partial charge in [0.2, 0.25) is 0 Å². The van der Waals surface area contributed by atoms with Gasteiger partial charge in [0.15, 0.2) is 10.1 Å². The average Bonchev–Trinajstić information content (AvgIpc) is 2.43. The molecule has 0 fully saturated rings. The van der Waals surface area contributed by atoms with E-state index in [-0.39, 0.29) is 6.61 Å². The second-order valence-corrected chi connectivity index (χ2v) is 6.71. The van der Waals surface area contributed by atoms with Crippen LogP contribution < -0.4 is 0 Å². The summed E-state index contributed by atoms with van der Waals surface area (Å²) in [4.78, 5) is 10.8. The van der Waals surface area contributed by atoms with Gasteiger partial charge < -0.3 is 9.29 Å². The van der Waals surface area contributed by atoms with E-state index in [2.05, 4.69) is 11.7 Å². The number of unbranched alkanes of at least 4 members (excludes halogenated alkanes) is 9. The third-order valence-electron chi connectivity index (χ3n) is 3.28. The molecular formula is C14H25F2O5S-. The van der Waals surface area contributed by atoms with E-state index in [1.54, 1.807) is 0 Å². The van der Waals surface area contributed by atoms with Gasteiger partial charge >= 0.3 is 11.2 Å². The quantitative estimate of drug-likeness (QED) is 0.290. The summed E-state index contributed by atoms with van der Waals surface area (Å²) >= 11 is 0. The summed E-state index contributed by atoms with van der Waals surface area (Å²) in [5.74, 6) is -2.29. The summed E-state index contributed by atoms with van der Waals surface area (Å²) in [5, 5.41) is -5.01. The Labute approximate surface area is 131 Å². The molecule has 0 heterocycles. The molecule has 0 saturated heterocycles. The molecule has 0 N–H and O–H groups in total. The average molecular weight is 343 g/mol. The number of rotatable bonds is 13. The Morgan fingerprint density at radius 1 is 0.955 bits per heavy atom. The van der Waals surface area contributed by atoms with E-state index in [0.29, 0.717) is 12.8 Å². The number of hydrogen-bond acceptors (Lipinski definition) is 5. The maximum atomic E-state index is 12.8. The maximum absolute atomic E-state index is 12.8. The molecule has 0 atom stereocenters. The first-order chi connectivity index (χ1) is 10.2. The number of alkyl halides is 2. The Balaban J connectivity index is 3.56. The topological polar surface area (TPSA) is 83.5 Å². The van der Waals surface area contributed by atoms with Crippen molar-refractivity contribution in [3.63, 3.8) is 0 Å². The SMILES string of the molecule is CCCCCCCCCCCCOC(=O)C(F)(F)S(=O)(=O)[O-]. The number of hydrogen-bond donors (Lipinski definition) is 0. The molecule has 0 saturated carbocycles. The van der Waals surface area contributed by atoms with Gasteiger partial charge in [0.1, 0.15) is 0 Å². The number of carbonyl (C=O) groups excluding carboxylic acids is 1. The molecule has 22 heavy (non-hydrogen) atoms. The molecule has 0 aliphatic rings. The minimum Gasteiger partial charge on any atom is -0.743 e. The van der Waals surface area contributed by atoms with Crippen molar-refractivity contribution in [1.29, 1.82) is 0 Å². The van der Waals surface area contributed by atoms with Crippen molar-refractivity contribution in [2.24, 2.45) is 0 Å². The van der Waals surface area contributed by atoms with Crippen LogP contribution in [0, 0.1) is 0 Å². The molecular weight excluding hydrogens is 318 g/mol. The Kier molecular flexibility index (Phi) is 10.5. The highest BCUT2D eigenvalue weighted by Gasteiger charge is 2.48. The highest BCUT2D eigenvalue weighted by molar-refractivity contribution is 7.87. The van der Waals surface area contributed by atoms with Crippen LogP contribution in [0.15, 0.2) is 0 Å². The van der Waals surface area contributed by atoms with E-state index in [9.17, 15) is 26.5 Å². The normalized spacial score (nSPS) is 12.4.